The molecule has 0 spiro atoms. The molecule has 0 saturated carbocycles. The molecule has 1 atom stereocenters. The normalized spacial score (nSPS) is 12.2. The standard InChI is InChI=1S/C12H11BrClN3O/c13-9-5-15-12(16-6-9)17-11(7-18)8-2-1-3-10(14)4-8/h1-6,11,18H,7H2,(H,15,16,17)/t11-/m0/s1. The number of nitrogens with one attached hydrogen (secondary N) is 1. The third-order valence-electron chi connectivity index (χ3n) is 2.36. The van der Waals surface area contributed by atoms with Gasteiger partial charge in [0, 0.05) is 17.4 Å². The van der Waals surface area contributed by atoms with Crippen molar-refractivity contribution in [3.63, 3.8) is 0 Å². The van der Waals surface area contributed by atoms with Crippen molar-refractivity contribution in [1.82, 2.24) is 9.97 Å². The lowest BCUT2D eigenvalue weighted by molar-refractivity contribution is 0.276. The van der Waals surface area contributed by atoms with Crippen LogP contribution in [0.1, 0.15) is 11.6 Å². The predicted molar refractivity (Wildman–Crippen MR) is 74.6 cm³/mol. The highest BCUT2D eigenvalue weighted by Crippen LogP contribution is 2.20. The van der Waals surface area contributed by atoms with Gasteiger partial charge in [-0.3, -0.25) is 0 Å². The molecule has 1 aromatic heterocycles. The van der Waals surface area contributed by atoms with Crippen LogP contribution in [0.2, 0.25) is 5.02 Å². The Morgan fingerprint density at radius 3 is 2.67 bits per heavy atom. The quantitative estimate of drug-likeness (QED) is 0.906. The third-order valence-corrected chi connectivity index (χ3v) is 3.00. The minimum absolute atomic E-state index is 0.0697. The molecule has 2 aromatic rings. The average molecular weight is 329 g/mol. The van der Waals surface area contributed by atoms with Crippen LogP contribution in [0.15, 0.2) is 41.1 Å². The van der Waals surface area contributed by atoms with Gasteiger partial charge in [-0.25, -0.2) is 9.97 Å². The van der Waals surface area contributed by atoms with E-state index in [1.807, 2.05) is 12.1 Å². The SMILES string of the molecule is OC[C@H](Nc1ncc(Br)cn1)c1cccc(Cl)c1. The van der Waals surface area contributed by atoms with Gasteiger partial charge in [-0.2, -0.15) is 0 Å². The van der Waals surface area contributed by atoms with E-state index in [-0.39, 0.29) is 12.6 Å². The summed E-state index contributed by atoms with van der Waals surface area (Å²) in [4.78, 5) is 8.20. The van der Waals surface area contributed by atoms with Gasteiger partial charge in [0.2, 0.25) is 5.95 Å². The van der Waals surface area contributed by atoms with E-state index in [2.05, 4.69) is 31.2 Å². The van der Waals surface area contributed by atoms with Gasteiger partial charge in [0.05, 0.1) is 17.1 Å². The highest BCUT2D eigenvalue weighted by molar-refractivity contribution is 9.10. The number of benzene rings is 1. The molecule has 0 aliphatic heterocycles. The largest absolute Gasteiger partial charge is 0.394 e. The Morgan fingerprint density at radius 1 is 1.33 bits per heavy atom. The molecule has 0 unspecified atom stereocenters. The predicted octanol–water partition coefficient (Wildman–Crippen LogP) is 3.04. The zero-order valence-electron chi connectivity index (χ0n) is 9.35. The zero-order valence-corrected chi connectivity index (χ0v) is 11.7. The van der Waals surface area contributed by atoms with Gasteiger partial charge in [-0.1, -0.05) is 23.7 Å². The number of halogens is 2. The van der Waals surface area contributed by atoms with Crippen molar-refractivity contribution in [2.45, 2.75) is 6.04 Å². The second-order valence-corrected chi connectivity index (χ2v) is 5.01. The van der Waals surface area contributed by atoms with Crippen molar-refractivity contribution in [3.8, 4) is 0 Å². The maximum atomic E-state index is 9.42. The highest BCUT2D eigenvalue weighted by Gasteiger charge is 2.11. The molecule has 0 radical (unpaired) electrons. The summed E-state index contributed by atoms with van der Waals surface area (Å²) in [7, 11) is 0. The fraction of sp³-hybridized carbons (Fsp3) is 0.167. The number of hydrogen-bond acceptors (Lipinski definition) is 4. The van der Waals surface area contributed by atoms with Crippen molar-refractivity contribution in [2.75, 3.05) is 11.9 Å². The molecule has 1 aromatic carbocycles. The molecule has 1 heterocycles. The molecule has 0 fully saturated rings. The molecule has 18 heavy (non-hydrogen) atoms. The molecule has 0 aliphatic carbocycles. The van der Waals surface area contributed by atoms with E-state index in [9.17, 15) is 5.11 Å². The van der Waals surface area contributed by atoms with Gasteiger partial charge >= 0.3 is 0 Å². The maximum Gasteiger partial charge on any atom is 0.223 e. The number of nitrogens with zero attached hydrogens (tertiary/aromatic N) is 2. The van der Waals surface area contributed by atoms with Crippen molar-refractivity contribution >= 4 is 33.5 Å². The lowest BCUT2D eigenvalue weighted by atomic mass is 10.1. The van der Waals surface area contributed by atoms with Gasteiger partial charge < -0.3 is 10.4 Å². The van der Waals surface area contributed by atoms with Crippen LogP contribution < -0.4 is 5.32 Å². The summed E-state index contributed by atoms with van der Waals surface area (Å²) >= 11 is 9.19. The van der Waals surface area contributed by atoms with E-state index in [1.54, 1.807) is 24.5 Å². The van der Waals surface area contributed by atoms with Crippen molar-refractivity contribution in [3.05, 3.63) is 51.7 Å². The second-order valence-electron chi connectivity index (χ2n) is 3.66. The minimum atomic E-state index is -0.287. The first-order chi connectivity index (χ1) is 8.69. The number of anilines is 1. The van der Waals surface area contributed by atoms with Gasteiger partial charge in [0.1, 0.15) is 0 Å². The highest BCUT2D eigenvalue weighted by atomic mass is 79.9. The topological polar surface area (TPSA) is 58.0 Å². The van der Waals surface area contributed by atoms with Crippen molar-refractivity contribution < 1.29 is 5.11 Å². The first kappa shape index (κ1) is 13.3. The lowest BCUT2D eigenvalue weighted by Gasteiger charge is -2.16. The third kappa shape index (κ3) is 3.41. The molecule has 0 amide bonds. The summed E-state index contributed by atoms with van der Waals surface area (Å²) in [6.07, 6.45) is 3.28. The van der Waals surface area contributed by atoms with Crippen LogP contribution in [0.25, 0.3) is 0 Å². The van der Waals surface area contributed by atoms with Gasteiger partial charge in [0.25, 0.3) is 0 Å². The van der Waals surface area contributed by atoms with Gasteiger partial charge in [0.15, 0.2) is 0 Å². The Balaban J connectivity index is 2.17. The summed E-state index contributed by atoms with van der Waals surface area (Å²) in [5.41, 5.74) is 0.886. The Kier molecular flexibility index (Phi) is 4.52. The van der Waals surface area contributed by atoms with E-state index in [1.165, 1.54) is 0 Å². The monoisotopic (exact) mass is 327 g/mol. The van der Waals surface area contributed by atoms with Crippen LogP contribution in [0, 0.1) is 0 Å². The Bertz CT molecular complexity index is 521. The van der Waals surface area contributed by atoms with Crippen LogP contribution in [0.3, 0.4) is 0 Å². The Hall–Kier alpha value is -1.17. The Morgan fingerprint density at radius 2 is 2.06 bits per heavy atom. The molecule has 0 saturated heterocycles. The average Bonchev–Trinajstić information content (AvgIpc) is 2.38. The van der Waals surface area contributed by atoms with Crippen LogP contribution in [0.4, 0.5) is 5.95 Å². The number of aliphatic hydroxyl groups excluding tert-OH is 1. The second kappa shape index (κ2) is 6.13. The first-order valence-corrected chi connectivity index (χ1v) is 6.46. The lowest BCUT2D eigenvalue weighted by Crippen LogP contribution is -2.16. The number of aliphatic hydroxyl groups is 1. The number of aromatic nitrogens is 2. The summed E-state index contributed by atoms with van der Waals surface area (Å²) < 4.78 is 0.802. The summed E-state index contributed by atoms with van der Waals surface area (Å²) in [6.45, 7) is -0.0697. The molecule has 6 heteroatoms. The number of hydrogen-bond donors (Lipinski definition) is 2. The summed E-state index contributed by atoms with van der Waals surface area (Å²) in [5.74, 6) is 0.456. The fourth-order valence-corrected chi connectivity index (χ4v) is 1.90. The van der Waals surface area contributed by atoms with Gasteiger partial charge in [-0.15, -0.1) is 0 Å². The fourth-order valence-electron chi connectivity index (χ4n) is 1.50. The van der Waals surface area contributed by atoms with Crippen LogP contribution in [-0.2, 0) is 0 Å². The molecule has 0 bridgehead atoms. The van der Waals surface area contributed by atoms with Crippen LogP contribution in [0.5, 0.6) is 0 Å². The van der Waals surface area contributed by atoms with E-state index in [4.69, 9.17) is 11.6 Å². The molecular weight excluding hydrogens is 318 g/mol. The maximum absolute atomic E-state index is 9.42. The van der Waals surface area contributed by atoms with Crippen LogP contribution in [-0.4, -0.2) is 21.7 Å². The Labute approximate surface area is 118 Å². The number of rotatable bonds is 4. The van der Waals surface area contributed by atoms with Gasteiger partial charge in [-0.05, 0) is 33.6 Å². The molecule has 94 valence electrons. The van der Waals surface area contributed by atoms with Crippen molar-refractivity contribution in [1.29, 1.82) is 0 Å². The summed E-state index contributed by atoms with van der Waals surface area (Å²) in [5, 5.41) is 13.1. The van der Waals surface area contributed by atoms with Crippen molar-refractivity contribution in [2.24, 2.45) is 0 Å². The zero-order chi connectivity index (χ0) is 13.0. The van der Waals surface area contributed by atoms with E-state index >= 15 is 0 Å². The molecule has 4 nitrogen and oxygen atoms in total. The van der Waals surface area contributed by atoms with Crippen LogP contribution >= 0.6 is 27.5 Å². The molecule has 2 N–H and O–H groups in total. The minimum Gasteiger partial charge on any atom is -0.394 e. The molecule has 0 aliphatic rings. The first-order valence-electron chi connectivity index (χ1n) is 5.29. The molecule has 2 rings (SSSR count). The smallest absolute Gasteiger partial charge is 0.223 e. The summed E-state index contributed by atoms with van der Waals surface area (Å²) in [6, 6.07) is 7.03. The van der Waals surface area contributed by atoms with E-state index in [0.717, 1.165) is 10.0 Å². The van der Waals surface area contributed by atoms with E-state index in [0.29, 0.717) is 11.0 Å². The van der Waals surface area contributed by atoms with E-state index < -0.39 is 0 Å². The molecular formula is C12H11BrClN3O.